The molecule has 2 aliphatic rings. The first-order chi connectivity index (χ1) is 14.5. The third kappa shape index (κ3) is 3.60. The highest BCUT2D eigenvalue weighted by molar-refractivity contribution is 6.45. The standard InChI is InChI=1S/C25H28N2O3/c1-4-18-5-9-20(10-6-18)27-24(28)22(19-7-11-21(30-3)12-8-19)23(25(27)29)26-15-13-17(2)14-16-26/h5-12,17H,4,13-16H2,1-3H3. The maximum Gasteiger partial charge on any atom is 0.282 e. The number of likely N-dealkylation sites (tertiary alicyclic amines) is 1. The molecule has 5 heteroatoms. The smallest absolute Gasteiger partial charge is 0.282 e. The summed E-state index contributed by atoms with van der Waals surface area (Å²) in [5, 5.41) is 0. The molecule has 0 aromatic heterocycles. The fourth-order valence-electron chi connectivity index (χ4n) is 4.18. The molecule has 2 aliphatic heterocycles. The number of ether oxygens (including phenoxy) is 1. The van der Waals surface area contributed by atoms with Crippen molar-refractivity contribution in [2.75, 3.05) is 25.1 Å². The molecule has 2 aromatic rings. The van der Waals surface area contributed by atoms with Crippen molar-refractivity contribution in [1.82, 2.24) is 4.90 Å². The molecule has 2 aromatic carbocycles. The Morgan fingerprint density at radius 1 is 0.933 bits per heavy atom. The van der Waals surface area contributed by atoms with Gasteiger partial charge < -0.3 is 9.64 Å². The lowest BCUT2D eigenvalue weighted by Gasteiger charge is -2.32. The molecule has 0 N–H and O–H groups in total. The molecule has 0 bridgehead atoms. The lowest BCUT2D eigenvalue weighted by molar-refractivity contribution is -0.120. The minimum absolute atomic E-state index is 0.232. The van der Waals surface area contributed by atoms with Gasteiger partial charge in [0.2, 0.25) is 0 Å². The summed E-state index contributed by atoms with van der Waals surface area (Å²) >= 11 is 0. The van der Waals surface area contributed by atoms with Gasteiger partial charge in [0.15, 0.2) is 0 Å². The molecule has 0 aliphatic carbocycles. The molecule has 5 nitrogen and oxygen atoms in total. The van der Waals surface area contributed by atoms with Gasteiger partial charge in [-0.3, -0.25) is 9.59 Å². The fraction of sp³-hybridized carbons (Fsp3) is 0.360. The zero-order valence-corrected chi connectivity index (χ0v) is 17.9. The Bertz CT molecular complexity index is 968. The second-order valence-corrected chi connectivity index (χ2v) is 8.09. The molecule has 1 fully saturated rings. The highest BCUT2D eigenvalue weighted by Crippen LogP contribution is 2.36. The van der Waals surface area contributed by atoms with E-state index < -0.39 is 0 Å². The average Bonchev–Trinajstić information content (AvgIpc) is 3.04. The molecule has 30 heavy (non-hydrogen) atoms. The Morgan fingerprint density at radius 2 is 1.57 bits per heavy atom. The average molecular weight is 405 g/mol. The summed E-state index contributed by atoms with van der Waals surface area (Å²) in [5.41, 5.74) is 3.55. The number of carbonyl (C=O) groups excluding carboxylic acids is 2. The van der Waals surface area contributed by atoms with Gasteiger partial charge in [0.1, 0.15) is 11.4 Å². The van der Waals surface area contributed by atoms with E-state index in [1.54, 1.807) is 7.11 Å². The van der Waals surface area contributed by atoms with Crippen LogP contribution in [0.25, 0.3) is 5.57 Å². The Morgan fingerprint density at radius 3 is 2.13 bits per heavy atom. The van der Waals surface area contributed by atoms with Crippen LogP contribution >= 0.6 is 0 Å². The monoisotopic (exact) mass is 404 g/mol. The molecule has 0 saturated carbocycles. The first kappa shape index (κ1) is 20.2. The van der Waals surface area contributed by atoms with Crippen molar-refractivity contribution >= 4 is 23.1 Å². The summed E-state index contributed by atoms with van der Waals surface area (Å²) < 4.78 is 5.26. The summed E-state index contributed by atoms with van der Waals surface area (Å²) in [6.45, 7) is 5.90. The SMILES string of the molecule is CCc1ccc(N2C(=O)C(c3ccc(OC)cc3)=C(N3CCC(C)CC3)C2=O)cc1. The van der Waals surface area contributed by atoms with Gasteiger partial charge >= 0.3 is 0 Å². The van der Waals surface area contributed by atoms with E-state index in [-0.39, 0.29) is 11.8 Å². The van der Waals surface area contributed by atoms with E-state index in [2.05, 4.69) is 18.7 Å². The first-order valence-corrected chi connectivity index (χ1v) is 10.6. The van der Waals surface area contributed by atoms with Gasteiger partial charge in [-0.05, 0) is 60.6 Å². The van der Waals surface area contributed by atoms with Crippen molar-refractivity contribution in [1.29, 1.82) is 0 Å². The normalized spacial score (nSPS) is 17.8. The Labute approximate surface area is 177 Å². The van der Waals surface area contributed by atoms with Crippen LogP contribution < -0.4 is 9.64 Å². The number of aryl methyl sites for hydroxylation is 1. The van der Waals surface area contributed by atoms with Gasteiger partial charge in [0.25, 0.3) is 11.8 Å². The van der Waals surface area contributed by atoms with Crippen molar-refractivity contribution in [2.24, 2.45) is 5.92 Å². The van der Waals surface area contributed by atoms with Crippen LogP contribution in [0.15, 0.2) is 54.2 Å². The number of piperidine rings is 1. The van der Waals surface area contributed by atoms with Gasteiger partial charge in [-0.1, -0.05) is 38.1 Å². The van der Waals surface area contributed by atoms with Crippen LogP contribution in [0.4, 0.5) is 5.69 Å². The third-order valence-electron chi connectivity index (χ3n) is 6.14. The summed E-state index contributed by atoms with van der Waals surface area (Å²) in [6, 6.07) is 15.0. The van der Waals surface area contributed by atoms with E-state index in [1.165, 1.54) is 10.5 Å². The maximum atomic E-state index is 13.5. The number of rotatable bonds is 5. The summed E-state index contributed by atoms with van der Waals surface area (Å²) in [5.74, 6) is 0.861. The van der Waals surface area contributed by atoms with Gasteiger partial charge in [0.05, 0.1) is 18.4 Å². The van der Waals surface area contributed by atoms with Crippen LogP contribution in [0.2, 0.25) is 0 Å². The number of methoxy groups -OCH3 is 1. The zero-order valence-electron chi connectivity index (χ0n) is 17.9. The number of hydrogen-bond acceptors (Lipinski definition) is 4. The lowest BCUT2D eigenvalue weighted by atomic mass is 9.97. The van der Waals surface area contributed by atoms with Crippen LogP contribution in [0.5, 0.6) is 5.75 Å². The van der Waals surface area contributed by atoms with E-state index in [0.29, 0.717) is 22.9 Å². The van der Waals surface area contributed by atoms with Crippen LogP contribution in [0.3, 0.4) is 0 Å². The first-order valence-electron chi connectivity index (χ1n) is 10.6. The molecule has 2 heterocycles. The maximum absolute atomic E-state index is 13.5. The third-order valence-corrected chi connectivity index (χ3v) is 6.14. The van der Waals surface area contributed by atoms with Crippen LogP contribution in [-0.4, -0.2) is 36.9 Å². The van der Waals surface area contributed by atoms with Crippen molar-refractivity contribution in [2.45, 2.75) is 33.1 Å². The molecule has 2 amide bonds. The minimum atomic E-state index is -0.261. The van der Waals surface area contributed by atoms with E-state index in [4.69, 9.17) is 4.74 Å². The van der Waals surface area contributed by atoms with Crippen molar-refractivity contribution in [3.8, 4) is 5.75 Å². The Hall–Kier alpha value is -3.08. The van der Waals surface area contributed by atoms with E-state index >= 15 is 0 Å². The topological polar surface area (TPSA) is 49.9 Å². The molecule has 0 unspecified atom stereocenters. The van der Waals surface area contributed by atoms with Crippen LogP contribution in [0, 0.1) is 5.92 Å². The number of carbonyl (C=O) groups is 2. The predicted molar refractivity (Wildman–Crippen MR) is 118 cm³/mol. The van der Waals surface area contributed by atoms with Crippen molar-refractivity contribution in [3.63, 3.8) is 0 Å². The van der Waals surface area contributed by atoms with E-state index in [9.17, 15) is 9.59 Å². The van der Waals surface area contributed by atoms with Crippen LogP contribution in [0.1, 0.15) is 37.8 Å². The van der Waals surface area contributed by atoms with Crippen molar-refractivity contribution in [3.05, 3.63) is 65.4 Å². The predicted octanol–water partition coefficient (Wildman–Crippen LogP) is 4.27. The van der Waals surface area contributed by atoms with Gasteiger partial charge in [0, 0.05) is 13.1 Å². The minimum Gasteiger partial charge on any atom is -0.497 e. The number of benzene rings is 2. The number of amides is 2. The lowest BCUT2D eigenvalue weighted by Crippen LogP contribution is -2.38. The number of imide groups is 1. The van der Waals surface area contributed by atoms with Gasteiger partial charge in [-0.2, -0.15) is 0 Å². The highest BCUT2D eigenvalue weighted by atomic mass is 16.5. The summed E-state index contributed by atoms with van der Waals surface area (Å²) in [7, 11) is 1.61. The second kappa shape index (κ2) is 8.34. The number of hydrogen-bond donors (Lipinski definition) is 0. The zero-order chi connectivity index (χ0) is 21.3. The molecular weight excluding hydrogens is 376 g/mol. The fourth-order valence-corrected chi connectivity index (χ4v) is 4.18. The van der Waals surface area contributed by atoms with E-state index in [1.807, 2.05) is 48.5 Å². The molecular formula is C25H28N2O3. The van der Waals surface area contributed by atoms with E-state index in [0.717, 1.165) is 43.7 Å². The van der Waals surface area contributed by atoms with Gasteiger partial charge in [-0.25, -0.2) is 4.90 Å². The van der Waals surface area contributed by atoms with Crippen molar-refractivity contribution < 1.29 is 14.3 Å². The molecule has 4 rings (SSSR count). The van der Waals surface area contributed by atoms with Crippen LogP contribution in [-0.2, 0) is 16.0 Å². The molecule has 0 spiro atoms. The molecule has 1 saturated heterocycles. The number of anilines is 1. The second-order valence-electron chi connectivity index (χ2n) is 8.09. The largest absolute Gasteiger partial charge is 0.497 e. The highest BCUT2D eigenvalue weighted by Gasteiger charge is 2.42. The Kier molecular flexibility index (Phi) is 5.62. The number of nitrogens with zero attached hydrogens (tertiary/aromatic N) is 2. The quantitative estimate of drug-likeness (QED) is 0.698. The molecule has 0 atom stereocenters. The summed E-state index contributed by atoms with van der Waals surface area (Å²) in [4.78, 5) is 30.5. The Balaban J connectivity index is 1.77. The van der Waals surface area contributed by atoms with Gasteiger partial charge in [-0.15, -0.1) is 0 Å². The molecule has 156 valence electrons. The molecule has 0 radical (unpaired) electrons. The summed E-state index contributed by atoms with van der Waals surface area (Å²) in [6.07, 6.45) is 2.95.